The van der Waals surface area contributed by atoms with Gasteiger partial charge in [0.2, 0.25) is 5.91 Å². The van der Waals surface area contributed by atoms with Crippen LogP contribution in [0.2, 0.25) is 0 Å². The van der Waals surface area contributed by atoms with E-state index in [1.54, 1.807) is 0 Å². The minimum Gasteiger partial charge on any atom is -0.369 e. The number of nitrogens with two attached hydrogens (primary N) is 1. The number of anilines is 2. The largest absolute Gasteiger partial charge is 0.369 e. The van der Waals surface area contributed by atoms with Gasteiger partial charge in [-0.3, -0.25) is 4.79 Å². The number of carbonyl (C=O) groups excluding carboxylic acids is 1. The summed E-state index contributed by atoms with van der Waals surface area (Å²) in [7, 11) is 0. The van der Waals surface area contributed by atoms with Crippen LogP contribution in [0.1, 0.15) is 52.0 Å². The molecule has 0 aromatic carbocycles. The van der Waals surface area contributed by atoms with Crippen LogP contribution in [0.4, 0.5) is 11.4 Å². The highest BCUT2D eigenvalue weighted by atomic mass is 16.1. The van der Waals surface area contributed by atoms with Gasteiger partial charge in [0.05, 0.1) is 16.8 Å². The lowest BCUT2D eigenvalue weighted by Gasteiger charge is -2.35. The summed E-state index contributed by atoms with van der Waals surface area (Å²) in [6, 6.07) is 0.185. The summed E-state index contributed by atoms with van der Waals surface area (Å²) in [6.07, 6.45) is 5.94. The number of piperidine rings is 1. The van der Waals surface area contributed by atoms with E-state index < -0.39 is 0 Å². The van der Waals surface area contributed by atoms with E-state index in [-0.39, 0.29) is 17.9 Å². The van der Waals surface area contributed by atoms with Crippen molar-refractivity contribution in [1.82, 2.24) is 9.97 Å². The summed E-state index contributed by atoms with van der Waals surface area (Å²) < 4.78 is 0. The monoisotopic (exact) mass is 343 g/mol. The molecule has 136 valence electrons. The average molecular weight is 343 g/mol. The zero-order valence-corrected chi connectivity index (χ0v) is 15.6. The van der Waals surface area contributed by atoms with E-state index in [9.17, 15) is 4.79 Å². The molecule has 1 fully saturated rings. The molecular weight excluding hydrogens is 314 g/mol. The van der Waals surface area contributed by atoms with Gasteiger partial charge in [0, 0.05) is 37.4 Å². The second-order valence-corrected chi connectivity index (χ2v) is 7.64. The fourth-order valence-corrected chi connectivity index (χ4v) is 3.45. The third-order valence-electron chi connectivity index (χ3n) is 4.88. The van der Waals surface area contributed by atoms with E-state index in [1.165, 1.54) is 5.56 Å². The number of amides is 1. The van der Waals surface area contributed by atoms with Crippen LogP contribution in [0.25, 0.3) is 11.0 Å². The molecule has 1 saturated heterocycles. The lowest BCUT2D eigenvalue weighted by molar-refractivity contribution is -0.118. The maximum atomic E-state index is 12.2. The van der Waals surface area contributed by atoms with Crippen LogP contribution in [0.15, 0.2) is 12.4 Å². The number of hydrogen-bond acceptors (Lipinski definition) is 4. The number of rotatable bonds is 4. The molecule has 0 spiro atoms. The maximum Gasteiger partial charge on any atom is 0.226 e. The molecule has 2 aromatic rings. The van der Waals surface area contributed by atoms with E-state index >= 15 is 0 Å². The van der Waals surface area contributed by atoms with Crippen molar-refractivity contribution in [3.05, 3.63) is 18.0 Å². The number of nitrogens with zero attached hydrogens (tertiary/aromatic N) is 2. The van der Waals surface area contributed by atoms with Crippen molar-refractivity contribution in [2.24, 2.45) is 11.7 Å². The Morgan fingerprint density at radius 3 is 2.80 bits per heavy atom. The fourth-order valence-electron chi connectivity index (χ4n) is 3.45. The van der Waals surface area contributed by atoms with Gasteiger partial charge in [-0.2, -0.15) is 0 Å². The zero-order chi connectivity index (χ0) is 18.1. The molecule has 1 atom stereocenters. The van der Waals surface area contributed by atoms with Crippen molar-refractivity contribution in [3.63, 3.8) is 0 Å². The van der Waals surface area contributed by atoms with E-state index in [4.69, 9.17) is 5.73 Å². The van der Waals surface area contributed by atoms with Gasteiger partial charge >= 0.3 is 0 Å². The molecule has 6 heteroatoms. The molecule has 0 saturated carbocycles. The minimum atomic E-state index is -0.0713. The second kappa shape index (κ2) is 7.04. The molecule has 4 N–H and O–H groups in total. The van der Waals surface area contributed by atoms with Crippen LogP contribution in [-0.2, 0) is 4.79 Å². The minimum absolute atomic E-state index is 0.0112. The van der Waals surface area contributed by atoms with Gasteiger partial charge in [0.25, 0.3) is 0 Å². The highest BCUT2D eigenvalue weighted by Crippen LogP contribution is 2.39. The van der Waals surface area contributed by atoms with Gasteiger partial charge in [-0.05, 0) is 24.3 Å². The lowest BCUT2D eigenvalue weighted by atomic mass is 9.97. The summed E-state index contributed by atoms with van der Waals surface area (Å²) >= 11 is 0. The van der Waals surface area contributed by atoms with Crippen LogP contribution < -0.4 is 16.0 Å². The topological polar surface area (TPSA) is 87.0 Å². The van der Waals surface area contributed by atoms with Crippen LogP contribution in [0.5, 0.6) is 0 Å². The van der Waals surface area contributed by atoms with Gasteiger partial charge in [0.15, 0.2) is 0 Å². The number of aromatic nitrogens is 2. The number of pyridine rings is 1. The number of aromatic amines is 1. The van der Waals surface area contributed by atoms with Crippen molar-refractivity contribution in [2.75, 3.05) is 23.3 Å². The molecule has 0 aliphatic carbocycles. The van der Waals surface area contributed by atoms with E-state index in [0.717, 1.165) is 48.3 Å². The average Bonchev–Trinajstić information content (AvgIpc) is 2.96. The first-order valence-corrected chi connectivity index (χ1v) is 9.19. The zero-order valence-electron chi connectivity index (χ0n) is 15.6. The third kappa shape index (κ3) is 3.49. The number of fused-ring (bicyclic) bond motifs is 1. The molecule has 2 aromatic heterocycles. The molecule has 25 heavy (non-hydrogen) atoms. The number of hydrogen-bond donors (Lipinski definition) is 3. The normalized spacial score (nSPS) is 18.4. The summed E-state index contributed by atoms with van der Waals surface area (Å²) in [6.45, 7) is 9.96. The van der Waals surface area contributed by atoms with Crippen molar-refractivity contribution in [2.45, 2.75) is 52.5 Å². The summed E-state index contributed by atoms with van der Waals surface area (Å²) in [4.78, 5) is 22.4. The summed E-state index contributed by atoms with van der Waals surface area (Å²) in [5.74, 6) is 0.281. The molecule has 1 aliphatic heterocycles. The van der Waals surface area contributed by atoms with Crippen LogP contribution in [0.3, 0.4) is 0 Å². The number of carbonyl (C=O) groups is 1. The predicted octanol–water partition coefficient (Wildman–Crippen LogP) is 3.21. The third-order valence-corrected chi connectivity index (χ3v) is 4.88. The number of nitrogens with one attached hydrogen (secondary N) is 2. The maximum absolute atomic E-state index is 12.2. The first-order chi connectivity index (χ1) is 11.9. The Labute approximate surface area is 149 Å². The molecule has 3 heterocycles. The molecule has 0 bridgehead atoms. The molecule has 3 rings (SSSR count). The van der Waals surface area contributed by atoms with Crippen molar-refractivity contribution in [3.8, 4) is 0 Å². The summed E-state index contributed by atoms with van der Waals surface area (Å²) in [5.41, 5.74) is 10.2. The Kier molecular flexibility index (Phi) is 4.99. The molecular formula is C19H29N5O. The number of H-pyrrole nitrogens is 1. The first-order valence-electron chi connectivity index (χ1n) is 9.19. The Morgan fingerprint density at radius 1 is 1.40 bits per heavy atom. The van der Waals surface area contributed by atoms with E-state index in [0.29, 0.717) is 5.92 Å². The van der Waals surface area contributed by atoms with Crippen LogP contribution in [-0.4, -0.2) is 35.0 Å². The highest BCUT2D eigenvalue weighted by molar-refractivity contribution is 6.07. The second-order valence-electron chi connectivity index (χ2n) is 7.64. The highest BCUT2D eigenvalue weighted by Gasteiger charge is 2.25. The predicted molar refractivity (Wildman–Crippen MR) is 103 cm³/mol. The lowest BCUT2D eigenvalue weighted by Crippen LogP contribution is -2.43. The van der Waals surface area contributed by atoms with E-state index in [1.807, 2.05) is 26.2 Å². The Morgan fingerprint density at radius 2 is 2.16 bits per heavy atom. The van der Waals surface area contributed by atoms with Gasteiger partial charge < -0.3 is 20.9 Å². The first kappa shape index (κ1) is 17.7. The quantitative estimate of drug-likeness (QED) is 0.795. The fraction of sp³-hybridized carbons (Fsp3) is 0.579. The molecule has 1 aliphatic rings. The van der Waals surface area contributed by atoms with E-state index in [2.05, 4.69) is 34.0 Å². The standard InChI is InChI=1S/C19H29N5O/c1-11(2)14-8-21-18-16(15(9-22-18)23-19(25)12(3)4)17(14)24-7-5-6-13(20)10-24/h8-9,11-13H,5-7,10,20H2,1-4H3,(H,21,22)(H,23,25). The van der Waals surface area contributed by atoms with Gasteiger partial charge in [0.1, 0.15) is 5.65 Å². The molecule has 1 unspecified atom stereocenters. The molecule has 6 nitrogen and oxygen atoms in total. The Hall–Kier alpha value is -2.08. The smallest absolute Gasteiger partial charge is 0.226 e. The van der Waals surface area contributed by atoms with Crippen LogP contribution in [0, 0.1) is 5.92 Å². The van der Waals surface area contributed by atoms with Gasteiger partial charge in [-0.25, -0.2) is 4.98 Å². The molecule has 1 amide bonds. The van der Waals surface area contributed by atoms with Gasteiger partial charge in [-0.15, -0.1) is 0 Å². The van der Waals surface area contributed by atoms with Crippen molar-refractivity contribution >= 4 is 28.3 Å². The summed E-state index contributed by atoms with van der Waals surface area (Å²) in [5, 5.41) is 4.05. The van der Waals surface area contributed by atoms with Gasteiger partial charge in [-0.1, -0.05) is 27.7 Å². The Bertz CT molecular complexity index is 765. The van der Waals surface area contributed by atoms with Crippen molar-refractivity contribution in [1.29, 1.82) is 0 Å². The van der Waals surface area contributed by atoms with Crippen LogP contribution >= 0.6 is 0 Å². The SMILES string of the molecule is CC(C)C(=O)Nc1c[nH]c2ncc(C(C)C)c(N3CCCC(N)C3)c12. The van der Waals surface area contributed by atoms with Crippen molar-refractivity contribution < 1.29 is 4.79 Å². The Balaban J connectivity index is 2.14. The molecule has 0 radical (unpaired) electrons.